The van der Waals surface area contributed by atoms with Crippen LogP contribution in [0.5, 0.6) is 5.75 Å². The number of carbonyl (C=O) groups is 2. The summed E-state index contributed by atoms with van der Waals surface area (Å²) >= 11 is 0. The Kier molecular flexibility index (Phi) is 7.23. The molecule has 0 saturated carbocycles. The summed E-state index contributed by atoms with van der Waals surface area (Å²) in [5.41, 5.74) is 0.424. The largest absolute Gasteiger partial charge is 0.443 e. The molecule has 0 bridgehead atoms. The third-order valence-electron chi connectivity index (χ3n) is 4.30. The van der Waals surface area contributed by atoms with E-state index in [1.165, 1.54) is 31.2 Å². The Bertz CT molecular complexity index is 865. The molecule has 0 saturated heterocycles. The minimum absolute atomic E-state index is 0.00974. The van der Waals surface area contributed by atoms with Crippen LogP contribution in [0, 0.1) is 11.6 Å². The van der Waals surface area contributed by atoms with Gasteiger partial charge in [-0.2, -0.15) is 0 Å². The van der Waals surface area contributed by atoms with Gasteiger partial charge in [0.1, 0.15) is 22.9 Å². The molecule has 7 heteroatoms. The maximum Gasteiger partial charge on any atom is 0.343 e. The van der Waals surface area contributed by atoms with Gasteiger partial charge in [0.15, 0.2) is 6.23 Å². The van der Waals surface area contributed by atoms with Gasteiger partial charge in [-0.05, 0) is 49.8 Å². The molecule has 0 heterocycles. The molecule has 1 atom stereocenters. The van der Waals surface area contributed by atoms with Gasteiger partial charge in [0, 0.05) is 18.6 Å². The van der Waals surface area contributed by atoms with E-state index < -0.39 is 29.8 Å². The fraction of sp³-hybridized carbons (Fsp3) is 0.333. The first-order valence-electron chi connectivity index (χ1n) is 8.99. The summed E-state index contributed by atoms with van der Waals surface area (Å²) in [7, 11) is 0. The summed E-state index contributed by atoms with van der Waals surface area (Å²) < 4.78 is 37.9. The van der Waals surface area contributed by atoms with Crippen LogP contribution in [-0.4, -0.2) is 36.2 Å². The predicted octanol–water partition coefficient (Wildman–Crippen LogP) is 4.40. The highest BCUT2D eigenvalue weighted by atomic mass is 19.1. The van der Waals surface area contributed by atoms with E-state index >= 15 is 0 Å². The van der Waals surface area contributed by atoms with Gasteiger partial charge in [-0.3, -0.25) is 9.69 Å². The minimum Gasteiger partial charge on any atom is -0.443 e. The lowest BCUT2D eigenvalue weighted by molar-refractivity contribution is -0.131. The Hall–Kier alpha value is -2.80. The highest BCUT2D eigenvalue weighted by Gasteiger charge is 2.22. The Morgan fingerprint density at radius 2 is 1.75 bits per heavy atom. The second-order valence-corrected chi connectivity index (χ2v) is 6.15. The molecule has 0 fully saturated rings. The molecule has 0 aliphatic carbocycles. The lowest BCUT2D eigenvalue weighted by Gasteiger charge is -2.26. The smallest absolute Gasteiger partial charge is 0.343 e. The van der Waals surface area contributed by atoms with Crippen molar-refractivity contribution in [1.29, 1.82) is 0 Å². The van der Waals surface area contributed by atoms with Crippen LogP contribution in [0.4, 0.5) is 8.78 Å². The maximum absolute atomic E-state index is 14.1. The number of esters is 2. The van der Waals surface area contributed by atoms with Gasteiger partial charge in [0.2, 0.25) is 0 Å². The van der Waals surface area contributed by atoms with Gasteiger partial charge in [-0.15, -0.1) is 0 Å². The molecule has 0 amide bonds. The summed E-state index contributed by atoms with van der Waals surface area (Å²) in [5.74, 6) is -2.77. The van der Waals surface area contributed by atoms with E-state index in [2.05, 4.69) is 0 Å². The Balaban J connectivity index is 2.43. The predicted molar refractivity (Wildman–Crippen MR) is 101 cm³/mol. The van der Waals surface area contributed by atoms with Gasteiger partial charge in [0.25, 0.3) is 0 Å². The van der Waals surface area contributed by atoms with Crippen molar-refractivity contribution in [2.24, 2.45) is 0 Å². The average molecular weight is 391 g/mol. The first-order valence-corrected chi connectivity index (χ1v) is 8.99. The monoisotopic (exact) mass is 391 g/mol. The zero-order valence-corrected chi connectivity index (χ0v) is 16.3. The van der Waals surface area contributed by atoms with Crippen LogP contribution < -0.4 is 4.74 Å². The van der Waals surface area contributed by atoms with Crippen LogP contribution in [-0.2, 0) is 9.53 Å². The van der Waals surface area contributed by atoms with E-state index in [1.54, 1.807) is 6.92 Å². The molecule has 0 aliphatic heterocycles. The molecule has 150 valence electrons. The summed E-state index contributed by atoms with van der Waals surface area (Å²) in [6.45, 7) is 8.19. The lowest BCUT2D eigenvalue weighted by Crippen LogP contribution is -2.36. The molecule has 0 radical (unpaired) electrons. The fourth-order valence-corrected chi connectivity index (χ4v) is 2.86. The fourth-order valence-electron chi connectivity index (χ4n) is 2.86. The Morgan fingerprint density at radius 3 is 2.32 bits per heavy atom. The number of halogens is 2. The van der Waals surface area contributed by atoms with Gasteiger partial charge < -0.3 is 9.47 Å². The first kappa shape index (κ1) is 21.5. The first-order chi connectivity index (χ1) is 13.3. The van der Waals surface area contributed by atoms with Crippen molar-refractivity contribution in [3.63, 3.8) is 0 Å². The van der Waals surface area contributed by atoms with Crippen LogP contribution in [0.1, 0.15) is 38.1 Å². The van der Waals surface area contributed by atoms with Crippen LogP contribution in [0.25, 0.3) is 11.1 Å². The Morgan fingerprint density at radius 1 is 1.07 bits per heavy atom. The molecule has 1 unspecified atom stereocenters. The zero-order chi connectivity index (χ0) is 20.8. The van der Waals surface area contributed by atoms with Crippen LogP contribution in [0.15, 0.2) is 36.4 Å². The third-order valence-corrected chi connectivity index (χ3v) is 4.30. The van der Waals surface area contributed by atoms with E-state index in [0.717, 1.165) is 12.1 Å². The van der Waals surface area contributed by atoms with Gasteiger partial charge >= 0.3 is 11.9 Å². The normalized spacial score (nSPS) is 12.0. The van der Waals surface area contributed by atoms with Gasteiger partial charge in [-0.25, -0.2) is 13.6 Å². The van der Waals surface area contributed by atoms with E-state index in [9.17, 15) is 18.4 Å². The minimum atomic E-state index is -0.768. The average Bonchev–Trinajstić information content (AvgIpc) is 2.62. The SMILES string of the molecule is CCN(CC)C(C)OC(=O)c1cc(-c2ccc(F)cc2F)ccc1OC(C)=O. The number of nitrogens with zero attached hydrogens (tertiary/aromatic N) is 1. The van der Waals surface area contributed by atoms with E-state index in [-0.39, 0.29) is 16.9 Å². The molecule has 28 heavy (non-hydrogen) atoms. The number of hydrogen-bond donors (Lipinski definition) is 0. The van der Waals surface area contributed by atoms with E-state index in [1.807, 2.05) is 18.7 Å². The number of hydrogen-bond acceptors (Lipinski definition) is 5. The second-order valence-electron chi connectivity index (χ2n) is 6.15. The molecule has 2 aromatic rings. The van der Waals surface area contributed by atoms with Crippen molar-refractivity contribution in [2.75, 3.05) is 13.1 Å². The highest BCUT2D eigenvalue weighted by molar-refractivity contribution is 5.95. The molecule has 0 aromatic heterocycles. The number of carbonyl (C=O) groups excluding carboxylic acids is 2. The summed E-state index contributed by atoms with van der Waals surface area (Å²) in [6, 6.07) is 7.40. The number of rotatable bonds is 7. The van der Waals surface area contributed by atoms with Crippen molar-refractivity contribution >= 4 is 11.9 Å². The summed E-state index contributed by atoms with van der Waals surface area (Å²) in [4.78, 5) is 26.0. The van der Waals surface area contributed by atoms with E-state index in [4.69, 9.17) is 9.47 Å². The van der Waals surface area contributed by atoms with Gasteiger partial charge in [-0.1, -0.05) is 19.9 Å². The number of benzene rings is 2. The van der Waals surface area contributed by atoms with Crippen molar-refractivity contribution < 1.29 is 27.8 Å². The molecule has 0 N–H and O–H groups in total. The van der Waals surface area contributed by atoms with Crippen LogP contribution >= 0.6 is 0 Å². The van der Waals surface area contributed by atoms with Crippen molar-refractivity contribution in [3.8, 4) is 16.9 Å². The topological polar surface area (TPSA) is 55.8 Å². The highest BCUT2D eigenvalue weighted by Crippen LogP contribution is 2.30. The third kappa shape index (κ3) is 5.13. The van der Waals surface area contributed by atoms with Gasteiger partial charge in [0.05, 0.1) is 0 Å². The second kappa shape index (κ2) is 9.41. The van der Waals surface area contributed by atoms with Crippen molar-refractivity contribution in [1.82, 2.24) is 4.90 Å². The van der Waals surface area contributed by atoms with Crippen LogP contribution in [0.2, 0.25) is 0 Å². The number of ether oxygens (including phenoxy) is 2. The maximum atomic E-state index is 14.1. The summed E-state index contributed by atoms with van der Waals surface area (Å²) in [5, 5.41) is 0. The molecule has 0 aliphatic rings. The quantitative estimate of drug-likeness (QED) is 0.398. The lowest BCUT2D eigenvalue weighted by atomic mass is 10.0. The van der Waals surface area contributed by atoms with Crippen molar-refractivity contribution in [3.05, 3.63) is 53.6 Å². The molecule has 0 spiro atoms. The molecule has 2 aromatic carbocycles. The zero-order valence-electron chi connectivity index (χ0n) is 16.3. The van der Waals surface area contributed by atoms with Crippen LogP contribution in [0.3, 0.4) is 0 Å². The Labute approximate surface area is 162 Å². The molecular weight excluding hydrogens is 368 g/mol. The molecule has 5 nitrogen and oxygen atoms in total. The standard InChI is InChI=1S/C21H23F2NO4/c1-5-24(6-2)13(3)27-21(26)18-11-15(7-10-20(18)28-14(4)25)17-9-8-16(22)12-19(17)23/h7-13H,5-6H2,1-4H3. The van der Waals surface area contributed by atoms with E-state index in [0.29, 0.717) is 18.7 Å². The molecular formula is C21H23F2NO4. The summed E-state index contributed by atoms with van der Waals surface area (Å²) in [6.07, 6.45) is -0.501. The molecule has 2 rings (SSSR count). The van der Waals surface area contributed by atoms with Crippen molar-refractivity contribution in [2.45, 2.75) is 33.9 Å².